The highest BCUT2D eigenvalue weighted by Gasteiger charge is 2.31. The maximum Gasteiger partial charge on any atom is 0.497 e. The molecular weight excluding hydrogens is 200 g/mol. The molecule has 1 saturated heterocycles. The van der Waals surface area contributed by atoms with Crippen molar-refractivity contribution < 1.29 is 18.0 Å². The lowest BCUT2D eigenvalue weighted by Gasteiger charge is -2.21. The fourth-order valence-electron chi connectivity index (χ4n) is 1.17. The predicted octanol–water partition coefficient (Wildman–Crippen LogP) is 1.43. The summed E-state index contributed by atoms with van der Waals surface area (Å²) in [5, 5.41) is 0. The van der Waals surface area contributed by atoms with Gasteiger partial charge in [0.1, 0.15) is 0 Å². The lowest BCUT2D eigenvalue weighted by atomic mass is 10.2. The number of ether oxygens (including phenoxy) is 1. The molecule has 0 spiro atoms. The van der Waals surface area contributed by atoms with E-state index in [-0.39, 0.29) is 0 Å². The SMILES string of the molecule is CO[Si](C)(OC)OCCCCC1CO1. The smallest absolute Gasteiger partial charge is 0.377 e. The summed E-state index contributed by atoms with van der Waals surface area (Å²) < 4.78 is 21.1. The summed E-state index contributed by atoms with van der Waals surface area (Å²) >= 11 is 0. The van der Waals surface area contributed by atoms with E-state index in [9.17, 15) is 0 Å². The van der Waals surface area contributed by atoms with E-state index >= 15 is 0 Å². The van der Waals surface area contributed by atoms with Crippen LogP contribution in [-0.4, -0.2) is 42.3 Å². The minimum Gasteiger partial charge on any atom is -0.377 e. The second-order valence-corrected chi connectivity index (χ2v) is 6.40. The summed E-state index contributed by atoms with van der Waals surface area (Å²) in [7, 11) is 0.975. The molecule has 1 aliphatic rings. The van der Waals surface area contributed by atoms with Crippen LogP contribution in [0.25, 0.3) is 0 Å². The van der Waals surface area contributed by atoms with Crippen molar-refractivity contribution in [2.24, 2.45) is 0 Å². The molecule has 1 atom stereocenters. The van der Waals surface area contributed by atoms with Crippen LogP contribution in [0.5, 0.6) is 0 Å². The van der Waals surface area contributed by atoms with E-state index in [2.05, 4.69) is 0 Å². The minimum atomic E-state index is -2.29. The molecule has 5 heteroatoms. The van der Waals surface area contributed by atoms with Crippen molar-refractivity contribution in [3.05, 3.63) is 0 Å². The summed E-state index contributed by atoms with van der Waals surface area (Å²) in [4.78, 5) is 0. The van der Waals surface area contributed by atoms with Crippen LogP contribution in [0.4, 0.5) is 0 Å². The third kappa shape index (κ3) is 4.52. The molecule has 1 unspecified atom stereocenters. The van der Waals surface area contributed by atoms with Gasteiger partial charge in [-0.3, -0.25) is 0 Å². The Kier molecular flexibility index (Phi) is 5.04. The lowest BCUT2D eigenvalue weighted by molar-refractivity contribution is 0.103. The topological polar surface area (TPSA) is 40.2 Å². The van der Waals surface area contributed by atoms with E-state index in [4.69, 9.17) is 18.0 Å². The van der Waals surface area contributed by atoms with E-state index in [1.807, 2.05) is 6.55 Å². The molecule has 0 aliphatic carbocycles. The highest BCUT2D eigenvalue weighted by atomic mass is 28.4. The van der Waals surface area contributed by atoms with E-state index < -0.39 is 8.80 Å². The second-order valence-electron chi connectivity index (χ2n) is 3.57. The molecule has 1 aliphatic heterocycles. The first kappa shape index (κ1) is 12.1. The Bertz CT molecular complexity index is 157. The van der Waals surface area contributed by atoms with Crippen LogP contribution in [-0.2, 0) is 18.0 Å². The molecule has 14 heavy (non-hydrogen) atoms. The van der Waals surface area contributed by atoms with Gasteiger partial charge in [-0.15, -0.1) is 0 Å². The number of epoxide rings is 1. The summed E-state index contributed by atoms with van der Waals surface area (Å²) in [5.74, 6) is 0. The normalized spacial score (nSPS) is 21.2. The zero-order valence-electron chi connectivity index (χ0n) is 9.25. The van der Waals surface area contributed by atoms with Crippen LogP contribution < -0.4 is 0 Å². The van der Waals surface area contributed by atoms with Crippen LogP contribution in [0.2, 0.25) is 6.55 Å². The van der Waals surface area contributed by atoms with Gasteiger partial charge in [-0.05, 0) is 19.3 Å². The van der Waals surface area contributed by atoms with Gasteiger partial charge in [0, 0.05) is 27.4 Å². The second kappa shape index (κ2) is 5.82. The van der Waals surface area contributed by atoms with E-state index in [0.29, 0.717) is 6.10 Å². The van der Waals surface area contributed by atoms with Crippen molar-refractivity contribution in [3.8, 4) is 0 Å². The van der Waals surface area contributed by atoms with Crippen LogP contribution >= 0.6 is 0 Å². The van der Waals surface area contributed by atoms with Gasteiger partial charge in [0.15, 0.2) is 0 Å². The van der Waals surface area contributed by atoms with Crippen molar-refractivity contribution in [2.45, 2.75) is 31.9 Å². The Morgan fingerprint density at radius 2 is 1.93 bits per heavy atom. The van der Waals surface area contributed by atoms with Crippen LogP contribution in [0.3, 0.4) is 0 Å². The Balaban J connectivity index is 1.95. The van der Waals surface area contributed by atoms with Gasteiger partial charge in [-0.25, -0.2) is 0 Å². The molecule has 0 saturated carbocycles. The Morgan fingerprint density at radius 3 is 2.43 bits per heavy atom. The van der Waals surface area contributed by atoms with Crippen LogP contribution in [0.1, 0.15) is 19.3 Å². The summed E-state index contributed by atoms with van der Waals surface area (Å²) in [6, 6.07) is 0. The monoisotopic (exact) mass is 220 g/mol. The van der Waals surface area contributed by atoms with E-state index in [1.165, 1.54) is 0 Å². The third-order valence-corrected chi connectivity index (χ3v) is 4.64. The van der Waals surface area contributed by atoms with Gasteiger partial charge < -0.3 is 18.0 Å². The van der Waals surface area contributed by atoms with Gasteiger partial charge in [0.05, 0.1) is 12.7 Å². The highest BCUT2D eigenvalue weighted by molar-refractivity contribution is 6.59. The minimum absolute atomic E-state index is 0.531. The number of hydrogen-bond acceptors (Lipinski definition) is 4. The zero-order valence-corrected chi connectivity index (χ0v) is 10.2. The first-order chi connectivity index (χ1) is 6.70. The van der Waals surface area contributed by atoms with Crippen molar-refractivity contribution in [3.63, 3.8) is 0 Å². The third-order valence-electron chi connectivity index (χ3n) is 2.43. The molecule has 0 aromatic carbocycles. The molecule has 0 N–H and O–H groups in total. The van der Waals surface area contributed by atoms with E-state index in [0.717, 1.165) is 32.5 Å². The molecule has 0 aromatic heterocycles. The van der Waals surface area contributed by atoms with Crippen molar-refractivity contribution >= 4 is 8.80 Å². The Labute approximate surface area is 86.9 Å². The maximum atomic E-state index is 5.58. The maximum absolute atomic E-state index is 5.58. The fourth-order valence-corrected chi connectivity index (χ4v) is 2.09. The summed E-state index contributed by atoms with van der Waals surface area (Å²) in [6.07, 6.45) is 3.89. The fraction of sp³-hybridized carbons (Fsp3) is 1.00. The van der Waals surface area contributed by atoms with Gasteiger partial charge >= 0.3 is 8.80 Å². The predicted molar refractivity (Wildman–Crippen MR) is 55.2 cm³/mol. The molecule has 4 nitrogen and oxygen atoms in total. The van der Waals surface area contributed by atoms with Crippen molar-refractivity contribution in [1.29, 1.82) is 0 Å². The number of hydrogen-bond donors (Lipinski definition) is 0. The van der Waals surface area contributed by atoms with Crippen molar-refractivity contribution in [1.82, 2.24) is 0 Å². The average molecular weight is 220 g/mol. The molecular formula is C9H20O4Si. The molecule has 0 bridgehead atoms. The highest BCUT2D eigenvalue weighted by Crippen LogP contribution is 2.16. The van der Waals surface area contributed by atoms with Crippen molar-refractivity contribution in [2.75, 3.05) is 27.4 Å². The standard InChI is InChI=1S/C9H20O4Si/c1-10-14(3,11-2)13-7-5-4-6-9-8-12-9/h9H,4-8H2,1-3H3. The average Bonchev–Trinajstić information content (AvgIpc) is 3.01. The molecule has 0 amide bonds. The largest absolute Gasteiger partial charge is 0.497 e. The summed E-state index contributed by atoms with van der Waals surface area (Å²) in [6.45, 7) is 3.57. The lowest BCUT2D eigenvalue weighted by Crippen LogP contribution is -2.40. The van der Waals surface area contributed by atoms with Crippen LogP contribution in [0.15, 0.2) is 0 Å². The zero-order chi connectivity index (χ0) is 10.4. The molecule has 1 rings (SSSR count). The number of rotatable bonds is 8. The number of unbranched alkanes of at least 4 members (excludes halogenated alkanes) is 1. The Hall–Kier alpha value is 0.0569. The summed E-state index contributed by atoms with van der Waals surface area (Å²) in [5.41, 5.74) is 0. The van der Waals surface area contributed by atoms with Gasteiger partial charge in [-0.1, -0.05) is 0 Å². The molecule has 0 aromatic rings. The molecule has 1 fully saturated rings. The van der Waals surface area contributed by atoms with Gasteiger partial charge in [-0.2, -0.15) is 0 Å². The molecule has 0 radical (unpaired) electrons. The first-order valence-electron chi connectivity index (χ1n) is 5.06. The first-order valence-corrected chi connectivity index (χ1v) is 7.28. The Morgan fingerprint density at radius 1 is 1.29 bits per heavy atom. The van der Waals surface area contributed by atoms with Crippen LogP contribution in [0, 0.1) is 0 Å². The molecule has 84 valence electrons. The van der Waals surface area contributed by atoms with Gasteiger partial charge in [0.2, 0.25) is 0 Å². The quantitative estimate of drug-likeness (QED) is 0.352. The van der Waals surface area contributed by atoms with E-state index in [1.54, 1.807) is 14.2 Å². The molecule has 1 heterocycles. The van der Waals surface area contributed by atoms with Gasteiger partial charge in [0.25, 0.3) is 0 Å².